The van der Waals surface area contributed by atoms with Crippen LogP contribution in [0.4, 0.5) is 0 Å². The second kappa shape index (κ2) is 7.68. The monoisotopic (exact) mass is 324 g/mol. The molecule has 0 saturated carbocycles. The lowest BCUT2D eigenvalue weighted by Gasteiger charge is -2.40. The molecule has 0 spiro atoms. The number of nitrogens with zero attached hydrogens (tertiary/aromatic N) is 1. The molecule has 2 heteroatoms. The van der Waals surface area contributed by atoms with Gasteiger partial charge in [-0.2, -0.15) is 0 Å². The van der Waals surface area contributed by atoms with E-state index in [4.69, 9.17) is 11.6 Å². The van der Waals surface area contributed by atoms with E-state index in [-0.39, 0.29) is 0 Å². The molecule has 0 aromatic heterocycles. The minimum Gasteiger partial charge on any atom is -0.310 e. The van der Waals surface area contributed by atoms with Gasteiger partial charge in [0, 0.05) is 16.1 Å². The van der Waals surface area contributed by atoms with Gasteiger partial charge in [-0.05, 0) is 43.4 Å². The average Bonchev–Trinajstić information content (AvgIpc) is 2.59. The molecule has 3 rings (SSSR count). The van der Waals surface area contributed by atoms with Crippen molar-refractivity contribution in [1.82, 2.24) is 0 Å². The molecule has 1 heterocycles. The van der Waals surface area contributed by atoms with Crippen molar-refractivity contribution in [3.63, 3.8) is 0 Å². The van der Waals surface area contributed by atoms with Gasteiger partial charge < -0.3 is 4.48 Å². The van der Waals surface area contributed by atoms with E-state index in [9.17, 15) is 0 Å². The number of halogens is 1. The Morgan fingerprint density at radius 1 is 0.870 bits per heavy atom. The largest absolute Gasteiger partial charge is 0.310 e. The molecule has 0 aliphatic carbocycles. The summed E-state index contributed by atoms with van der Waals surface area (Å²) < 4.78 is 1.05. The number of likely N-dealkylation sites (tertiary alicyclic amines) is 1. The van der Waals surface area contributed by atoms with Crippen LogP contribution in [0.2, 0.25) is 5.02 Å². The highest BCUT2D eigenvalue weighted by atomic mass is 35.5. The molecule has 0 N–H and O–H groups in total. The SMILES string of the molecule is Clc1ccccc1C[N+]1(CC#Cc2ccccc2)CCCCC1. The van der Waals surface area contributed by atoms with Crippen molar-refractivity contribution in [2.45, 2.75) is 25.8 Å². The van der Waals surface area contributed by atoms with Crippen molar-refractivity contribution in [1.29, 1.82) is 0 Å². The number of rotatable bonds is 3. The van der Waals surface area contributed by atoms with Crippen molar-refractivity contribution in [2.24, 2.45) is 0 Å². The molecule has 2 aromatic carbocycles. The fourth-order valence-corrected chi connectivity index (χ4v) is 3.57. The molecule has 1 aliphatic heterocycles. The lowest BCUT2D eigenvalue weighted by atomic mass is 10.0. The molecule has 2 aromatic rings. The van der Waals surface area contributed by atoms with Gasteiger partial charge in [0.15, 0.2) is 0 Å². The fourth-order valence-electron chi connectivity index (χ4n) is 3.37. The van der Waals surface area contributed by atoms with Gasteiger partial charge in [-0.3, -0.25) is 0 Å². The molecule has 1 fully saturated rings. The van der Waals surface area contributed by atoms with Crippen molar-refractivity contribution < 1.29 is 4.48 Å². The number of quaternary nitrogens is 1. The summed E-state index contributed by atoms with van der Waals surface area (Å²) in [4.78, 5) is 0. The maximum Gasteiger partial charge on any atom is 0.141 e. The smallest absolute Gasteiger partial charge is 0.141 e. The van der Waals surface area contributed by atoms with Gasteiger partial charge in [0.05, 0.1) is 13.1 Å². The first-order valence-corrected chi connectivity index (χ1v) is 8.78. The van der Waals surface area contributed by atoms with Gasteiger partial charge in [0.2, 0.25) is 0 Å². The summed E-state index contributed by atoms with van der Waals surface area (Å²) in [5.74, 6) is 6.75. The maximum atomic E-state index is 6.39. The summed E-state index contributed by atoms with van der Waals surface area (Å²) in [6, 6.07) is 18.5. The number of benzene rings is 2. The third-order valence-corrected chi connectivity index (χ3v) is 5.02. The summed E-state index contributed by atoms with van der Waals surface area (Å²) in [7, 11) is 0. The van der Waals surface area contributed by atoms with E-state index in [0.717, 1.165) is 28.2 Å². The molecule has 0 atom stereocenters. The van der Waals surface area contributed by atoms with Crippen molar-refractivity contribution in [3.8, 4) is 11.8 Å². The Kier molecular flexibility index (Phi) is 5.39. The lowest BCUT2D eigenvalue weighted by Crippen LogP contribution is -2.51. The van der Waals surface area contributed by atoms with Crippen LogP contribution in [0.1, 0.15) is 30.4 Å². The summed E-state index contributed by atoms with van der Waals surface area (Å²) in [5.41, 5.74) is 2.35. The number of hydrogen-bond acceptors (Lipinski definition) is 0. The molecule has 1 saturated heterocycles. The molecular formula is C21H23ClN+. The summed E-state index contributed by atoms with van der Waals surface area (Å²) in [6.07, 6.45) is 3.92. The van der Waals surface area contributed by atoms with E-state index in [1.54, 1.807) is 0 Å². The Balaban J connectivity index is 1.77. The van der Waals surface area contributed by atoms with E-state index in [1.807, 2.05) is 30.3 Å². The molecule has 118 valence electrons. The molecule has 0 amide bonds. The second-order valence-electron chi connectivity index (χ2n) is 6.42. The van der Waals surface area contributed by atoms with E-state index >= 15 is 0 Å². The molecule has 1 aliphatic rings. The molecular weight excluding hydrogens is 302 g/mol. The van der Waals surface area contributed by atoms with Crippen LogP contribution < -0.4 is 0 Å². The maximum absolute atomic E-state index is 6.39. The van der Waals surface area contributed by atoms with Gasteiger partial charge in [0.25, 0.3) is 0 Å². The number of hydrogen-bond donors (Lipinski definition) is 0. The Morgan fingerprint density at radius 3 is 2.30 bits per heavy atom. The first kappa shape index (κ1) is 16.1. The lowest BCUT2D eigenvalue weighted by molar-refractivity contribution is -0.938. The van der Waals surface area contributed by atoms with E-state index in [1.165, 1.54) is 37.9 Å². The quantitative estimate of drug-likeness (QED) is 0.557. The predicted octanol–water partition coefficient (Wildman–Crippen LogP) is 4.89. The molecule has 0 bridgehead atoms. The van der Waals surface area contributed by atoms with E-state index in [2.05, 4.69) is 36.1 Å². The van der Waals surface area contributed by atoms with Crippen LogP contribution in [0.25, 0.3) is 0 Å². The zero-order valence-electron chi connectivity index (χ0n) is 13.5. The summed E-state index contributed by atoms with van der Waals surface area (Å²) >= 11 is 6.39. The van der Waals surface area contributed by atoms with Gasteiger partial charge in [-0.25, -0.2) is 0 Å². The van der Waals surface area contributed by atoms with Crippen molar-refractivity contribution in [3.05, 3.63) is 70.7 Å². The van der Waals surface area contributed by atoms with Crippen molar-refractivity contribution in [2.75, 3.05) is 19.6 Å². The van der Waals surface area contributed by atoms with Crippen LogP contribution in [0.5, 0.6) is 0 Å². The highest BCUT2D eigenvalue weighted by Gasteiger charge is 2.29. The third-order valence-electron chi connectivity index (χ3n) is 4.65. The first-order chi connectivity index (χ1) is 11.3. The minimum atomic E-state index is 0.881. The molecule has 1 nitrogen and oxygen atoms in total. The van der Waals surface area contributed by atoms with Gasteiger partial charge >= 0.3 is 0 Å². The first-order valence-electron chi connectivity index (χ1n) is 8.40. The highest BCUT2D eigenvalue weighted by Crippen LogP contribution is 2.25. The predicted molar refractivity (Wildman–Crippen MR) is 97.2 cm³/mol. The third kappa shape index (κ3) is 4.38. The Bertz CT molecular complexity index is 691. The van der Waals surface area contributed by atoms with Gasteiger partial charge in [-0.15, -0.1) is 0 Å². The topological polar surface area (TPSA) is 0 Å². The molecule has 0 unspecified atom stereocenters. The zero-order chi connectivity index (χ0) is 16.0. The Labute approximate surface area is 144 Å². The van der Waals surface area contributed by atoms with Crippen molar-refractivity contribution >= 4 is 11.6 Å². The average molecular weight is 325 g/mol. The standard InChI is InChI=1S/C21H23ClN/c22-21-14-6-5-13-20(21)18-23(15-7-2-8-16-23)17-9-12-19-10-3-1-4-11-19/h1,3-6,10-11,13-14H,2,7-8,15-18H2/q+1. The minimum absolute atomic E-state index is 0.881. The van der Waals surface area contributed by atoms with E-state index < -0.39 is 0 Å². The van der Waals surface area contributed by atoms with Gasteiger partial charge in [-0.1, -0.05) is 53.9 Å². The summed E-state index contributed by atoms with van der Waals surface area (Å²) in [5, 5.41) is 0.881. The molecule has 0 radical (unpaired) electrons. The van der Waals surface area contributed by atoms with Crippen LogP contribution in [0, 0.1) is 11.8 Å². The van der Waals surface area contributed by atoms with Crippen LogP contribution in [-0.2, 0) is 6.54 Å². The highest BCUT2D eigenvalue weighted by molar-refractivity contribution is 6.31. The Hall–Kier alpha value is -1.75. The normalized spacial score (nSPS) is 16.4. The zero-order valence-corrected chi connectivity index (χ0v) is 14.2. The van der Waals surface area contributed by atoms with Crippen LogP contribution in [0.15, 0.2) is 54.6 Å². The van der Waals surface area contributed by atoms with E-state index in [0.29, 0.717) is 0 Å². The summed E-state index contributed by atoms with van der Waals surface area (Å²) in [6.45, 7) is 4.30. The van der Waals surface area contributed by atoms with Crippen LogP contribution >= 0.6 is 11.6 Å². The van der Waals surface area contributed by atoms with Crippen LogP contribution in [0.3, 0.4) is 0 Å². The number of piperidine rings is 1. The van der Waals surface area contributed by atoms with Gasteiger partial charge in [0.1, 0.15) is 13.1 Å². The fraction of sp³-hybridized carbons (Fsp3) is 0.333. The Morgan fingerprint density at radius 2 is 1.57 bits per heavy atom. The molecule has 23 heavy (non-hydrogen) atoms. The second-order valence-corrected chi connectivity index (χ2v) is 6.83. The van der Waals surface area contributed by atoms with Crippen LogP contribution in [-0.4, -0.2) is 24.1 Å².